The van der Waals surface area contributed by atoms with Crippen molar-refractivity contribution in [1.29, 1.82) is 0 Å². The minimum atomic E-state index is 0. The minimum absolute atomic E-state index is 0. The minimum Gasteiger partial charge on any atom is -0.542 e. The normalized spacial score (nSPS) is 8.00. The van der Waals surface area contributed by atoms with E-state index in [0.29, 0.717) is 6.42 Å². The monoisotopic (exact) mass is 311 g/mol. The molecule has 0 bridgehead atoms. The van der Waals surface area contributed by atoms with Crippen molar-refractivity contribution in [1.82, 2.24) is 0 Å². The average molecular weight is 311 g/mol. The number of hydrogen-bond acceptors (Lipinski definition) is 2. The van der Waals surface area contributed by atoms with E-state index in [2.05, 4.69) is 6.92 Å². The van der Waals surface area contributed by atoms with Crippen LogP contribution in [0.3, 0.4) is 0 Å². The van der Waals surface area contributed by atoms with Crippen molar-refractivity contribution in [3.63, 3.8) is 0 Å². The molecule has 75 valence electrons. The van der Waals surface area contributed by atoms with E-state index in [1.165, 1.54) is 6.42 Å². The Hall–Kier alpha value is 0.704. The van der Waals surface area contributed by atoms with Crippen LogP contribution in [0.1, 0.15) is 46.5 Å². The summed E-state index contributed by atoms with van der Waals surface area (Å²) in [6, 6.07) is 0. The van der Waals surface area contributed by atoms with Gasteiger partial charge in [0.2, 0.25) is 0 Å². The van der Waals surface area contributed by atoms with Gasteiger partial charge in [-0.15, -0.1) is 5.92 Å². The maximum atomic E-state index is 9.55. The third-order valence-corrected chi connectivity index (χ3v) is 1.12. The third kappa shape index (κ3) is 32.4. The van der Waals surface area contributed by atoms with E-state index in [0.717, 1.165) is 12.8 Å². The van der Waals surface area contributed by atoms with E-state index in [1.807, 2.05) is 6.29 Å². The fraction of sp³-hybridized carbons (Fsp3) is 0.800. The summed E-state index contributed by atoms with van der Waals surface area (Å²) in [4.78, 5) is 18.9. The summed E-state index contributed by atoms with van der Waals surface area (Å²) in [7, 11) is 0. The molecule has 0 aliphatic rings. The molecule has 0 spiro atoms. The molecular formula is C10H18O2Pr-2. The van der Waals surface area contributed by atoms with E-state index in [-0.39, 0.29) is 47.2 Å². The van der Waals surface area contributed by atoms with Crippen molar-refractivity contribution < 1.29 is 50.9 Å². The van der Waals surface area contributed by atoms with E-state index >= 15 is 0 Å². The summed E-state index contributed by atoms with van der Waals surface area (Å²) in [5.74, 6) is 0.0787. The predicted octanol–water partition coefficient (Wildman–Crippen LogP) is 2.43. The molecule has 0 aromatic heterocycles. The Morgan fingerprint density at radius 3 is 1.85 bits per heavy atom. The van der Waals surface area contributed by atoms with Gasteiger partial charge < -0.3 is 9.59 Å². The zero-order valence-electron chi connectivity index (χ0n) is 8.80. The molecule has 0 saturated heterocycles. The molecule has 0 saturated carbocycles. The van der Waals surface area contributed by atoms with Crippen LogP contribution in [-0.4, -0.2) is 12.6 Å². The zero-order valence-corrected chi connectivity index (χ0v) is 12.5. The van der Waals surface area contributed by atoms with Crippen molar-refractivity contribution in [2.75, 3.05) is 0 Å². The smallest absolute Gasteiger partial charge is 0 e. The Morgan fingerprint density at radius 1 is 1.15 bits per heavy atom. The summed E-state index contributed by atoms with van der Waals surface area (Å²) < 4.78 is 0. The summed E-state index contributed by atoms with van der Waals surface area (Å²) in [5, 5.41) is 0. The molecule has 3 heteroatoms. The largest absolute Gasteiger partial charge is 0.542 e. The molecule has 2 nitrogen and oxygen atoms in total. The van der Waals surface area contributed by atoms with Gasteiger partial charge in [-0.1, -0.05) is 40.0 Å². The first-order chi connectivity index (χ1) is 5.68. The van der Waals surface area contributed by atoms with Crippen LogP contribution >= 0.6 is 0 Å². The van der Waals surface area contributed by atoms with E-state index in [1.54, 1.807) is 20.1 Å². The van der Waals surface area contributed by atoms with Gasteiger partial charge in [-0.25, -0.2) is 0 Å². The first-order valence-electron chi connectivity index (χ1n) is 4.41. The van der Waals surface area contributed by atoms with Crippen LogP contribution in [0.5, 0.6) is 0 Å². The topological polar surface area (TPSA) is 34.1 Å². The molecule has 0 amide bonds. The predicted molar refractivity (Wildman–Crippen MR) is 50.4 cm³/mol. The van der Waals surface area contributed by atoms with Gasteiger partial charge in [0.25, 0.3) is 0 Å². The SMILES string of the molecule is CC(C)[C-]=O.CCCCC[C-]=O.[Pr]. The van der Waals surface area contributed by atoms with E-state index in [4.69, 9.17) is 0 Å². The molecular weight excluding hydrogens is 293 g/mol. The van der Waals surface area contributed by atoms with Crippen molar-refractivity contribution in [3.8, 4) is 0 Å². The van der Waals surface area contributed by atoms with Crippen molar-refractivity contribution >= 4 is 12.6 Å². The van der Waals surface area contributed by atoms with Crippen LogP contribution in [0.2, 0.25) is 0 Å². The average Bonchev–Trinajstić information content (AvgIpc) is 2.07. The number of hydrogen-bond donors (Lipinski definition) is 0. The van der Waals surface area contributed by atoms with Gasteiger partial charge in [-0.05, 0) is 0 Å². The molecule has 1 radical (unpaired) electrons. The molecule has 0 rings (SSSR count). The van der Waals surface area contributed by atoms with Gasteiger partial charge in [-0.2, -0.15) is 6.42 Å². The van der Waals surface area contributed by atoms with Gasteiger partial charge in [0.05, 0.1) is 0 Å². The molecule has 0 heterocycles. The van der Waals surface area contributed by atoms with Crippen LogP contribution in [0.25, 0.3) is 0 Å². The van der Waals surface area contributed by atoms with Gasteiger partial charge in [0, 0.05) is 41.3 Å². The second-order valence-electron chi connectivity index (χ2n) is 2.87. The van der Waals surface area contributed by atoms with Gasteiger partial charge >= 0.3 is 0 Å². The molecule has 0 aliphatic heterocycles. The van der Waals surface area contributed by atoms with E-state index < -0.39 is 0 Å². The van der Waals surface area contributed by atoms with Crippen LogP contribution in [0.4, 0.5) is 0 Å². The fourth-order valence-corrected chi connectivity index (χ4v) is 0.447. The second kappa shape index (κ2) is 18.5. The second-order valence-corrected chi connectivity index (χ2v) is 2.87. The Bertz CT molecular complexity index is 103. The van der Waals surface area contributed by atoms with Crippen LogP contribution in [-0.2, 0) is 9.59 Å². The first-order valence-corrected chi connectivity index (χ1v) is 4.41. The Balaban J connectivity index is -0.000000150. The summed E-state index contributed by atoms with van der Waals surface area (Å²) in [6.45, 7) is 5.71. The quantitative estimate of drug-likeness (QED) is 0.577. The molecule has 0 aromatic carbocycles. The Morgan fingerprint density at radius 2 is 1.62 bits per heavy atom. The van der Waals surface area contributed by atoms with Crippen LogP contribution in [0, 0.1) is 47.2 Å². The van der Waals surface area contributed by atoms with Gasteiger partial charge in [0.1, 0.15) is 0 Å². The van der Waals surface area contributed by atoms with Gasteiger partial charge in [0.15, 0.2) is 0 Å². The molecule has 0 aliphatic carbocycles. The number of unbranched alkanes of at least 4 members (excludes halogenated alkanes) is 3. The molecule has 0 unspecified atom stereocenters. The van der Waals surface area contributed by atoms with Crippen molar-refractivity contribution in [2.45, 2.75) is 46.5 Å². The maximum absolute atomic E-state index is 9.55. The Labute approximate surface area is 115 Å². The standard InChI is InChI=1S/C6H11O.C4H7O.Pr/c1-2-3-4-5-6-7;1-4(2)3-5;/h2-5H2,1H3;4H,1-2H3;/q2*-1;. The maximum Gasteiger partial charge on any atom is 0 e. The molecule has 0 fully saturated rings. The number of carbonyl (C=O) groups excluding carboxylic acids is 2. The van der Waals surface area contributed by atoms with Crippen molar-refractivity contribution in [2.24, 2.45) is 5.92 Å². The summed E-state index contributed by atoms with van der Waals surface area (Å²) in [5.41, 5.74) is 0. The zero-order chi connectivity index (χ0) is 9.82. The van der Waals surface area contributed by atoms with Crippen molar-refractivity contribution in [3.05, 3.63) is 0 Å². The number of rotatable bonds is 5. The van der Waals surface area contributed by atoms with E-state index in [9.17, 15) is 9.59 Å². The first kappa shape index (κ1) is 19.3. The fourth-order valence-electron chi connectivity index (χ4n) is 0.447. The third-order valence-electron chi connectivity index (χ3n) is 1.12. The Kier molecular flexibility index (Phi) is 27.4. The van der Waals surface area contributed by atoms with Crippen LogP contribution in [0.15, 0.2) is 0 Å². The summed E-state index contributed by atoms with van der Waals surface area (Å²) >= 11 is 0. The molecule has 0 aromatic rings. The van der Waals surface area contributed by atoms with Crippen LogP contribution < -0.4 is 0 Å². The molecule has 0 N–H and O–H groups in total. The van der Waals surface area contributed by atoms with Gasteiger partial charge in [-0.3, -0.25) is 12.6 Å². The molecule has 13 heavy (non-hydrogen) atoms. The summed E-state index contributed by atoms with van der Waals surface area (Å²) in [6.07, 6.45) is 7.61. The molecule has 0 atom stereocenters.